The van der Waals surface area contributed by atoms with E-state index < -0.39 is 0 Å². The van der Waals surface area contributed by atoms with Crippen molar-refractivity contribution in [1.82, 2.24) is 4.90 Å². The summed E-state index contributed by atoms with van der Waals surface area (Å²) < 4.78 is 10.8. The Morgan fingerprint density at radius 2 is 2.16 bits per heavy atom. The summed E-state index contributed by atoms with van der Waals surface area (Å²) in [6.45, 7) is 1.63. The number of carbonyl (C=O) groups is 1. The van der Waals surface area contributed by atoms with Gasteiger partial charge in [-0.15, -0.1) is 11.6 Å². The molecule has 2 rings (SSSR count). The van der Waals surface area contributed by atoms with E-state index in [1.54, 1.807) is 29.2 Å². The van der Waals surface area contributed by atoms with Crippen LogP contribution in [-0.2, 0) is 9.53 Å². The lowest BCUT2D eigenvalue weighted by molar-refractivity contribution is -0.140. The van der Waals surface area contributed by atoms with E-state index in [1.807, 2.05) is 0 Å². The van der Waals surface area contributed by atoms with Crippen molar-refractivity contribution in [2.24, 2.45) is 0 Å². The van der Waals surface area contributed by atoms with Gasteiger partial charge in [0.1, 0.15) is 5.75 Å². The van der Waals surface area contributed by atoms with Crippen LogP contribution in [0.2, 0.25) is 5.02 Å². The third-order valence-electron chi connectivity index (χ3n) is 2.84. The van der Waals surface area contributed by atoms with Crippen LogP contribution in [0.1, 0.15) is 0 Å². The number of ether oxygens (including phenoxy) is 2. The van der Waals surface area contributed by atoms with Crippen LogP contribution in [0.3, 0.4) is 0 Å². The number of nitrogens with zero attached hydrogens (tertiary/aromatic N) is 1. The Labute approximate surface area is 122 Å². The Kier molecular flexibility index (Phi) is 5.31. The number of alkyl halides is 1. The number of hydrogen-bond donors (Lipinski definition) is 0. The van der Waals surface area contributed by atoms with Gasteiger partial charge in [-0.1, -0.05) is 11.6 Å². The van der Waals surface area contributed by atoms with Crippen LogP contribution in [0.5, 0.6) is 5.75 Å². The van der Waals surface area contributed by atoms with Gasteiger partial charge in [-0.05, 0) is 24.3 Å². The molecule has 1 unspecified atom stereocenters. The maximum Gasteiger partial charge on any atom is 0.260 e. The summed E-state index contributed by atoms with van der Waals surface area (Å²) in [6, 6.07) is 6.91. The summed E-state index contributed by atoms with van der Waals surface area (Å²) in [5.41, 5.74) is 0. The molecule has 0 N–H and O–H groups in total. The number of carbonyl (C=O) groups excluding carboxylic acids is 1. The molecule has 0 saturated carbocycles. The van der Waals surface area contributed by atoms with Crippen LogP contribution < -0.4 is 4.74 Å². The average molecular weight is 304 g/mol. The molecular formula is C13H15Cl2NO3. The van der Waals surface area contributed by atoms with Crippen molar-refractivity contribution in [3.63, 3.8) is 0 Å². The van der Waals surface area contributed by atoms with Gasteiger partial charge < -0.3 is 14.4 Å². The van der Waals surface area contributed by atoms with E-state index in [1.165, 1.54) is 0 Å². The van der Waals surface area contributed by atoms with E-state index in [0.29, 0.717) is 36.3 Å². The first kappa shape index (κ1) is 14.4. The van der Waals surface area contributed by atoms with Gasteiger partial charge in [-0.25, -0.2) is 0 Å². The molecule has 1 aromatic carbocycles. The summed E-state index contributed by atoms with van der Waals surface area (Å²) in [4.78, 5) is 13.7. The van der Waals surface area contributed by atoms with Crippen molar-refractivity contribution < 1.29 is 14.3 Å². The number of benzene rings is 1. The molecule has 0 spiro atoms. The van der Waals surface area contributed by atoms with Gasteiger partial charge in [0.25, 0.3) is 5.91 Å². The fourth-order valence-electron chi connectivity index (χ4n) is 1.81. The third kappa shape index (κ3) is 4.27. The molecule has 1 aliphatic rings. The highest BCUT2D eigenvalue weighted by molar-refractivity contribution is 6.30. The van der Waals surface area contributed by atoms with Crippen LogP contribution in [0.25, 0.3) is 0 Å². The quantitative estimate of drug-likeness (QED) is 0.800. The van der Waals surface area contributed by atoms with Gasteiger partial charge in [0.15, 0.2) is 6.61 Å². The Morgan fingerprint density at radius 3 is 2.84 bits per heavy atom. The van der Waals surface area contributed by atoms with Crippen molar-refractivity contribution in [1.29, 1.82) is 0 Å². The van der Waals surface area contributed by atoms with Gasteiger partial charge in [0.2, 0.25) is 0 Å². The maximum absolute atomic E-state index is 12.0. The van der Waals surface area contributed by atoms with E-state index in [0.717, 1.165) is 0 Å². The van der Waals surface area contributed by atoms with Crippen LogP contribution in [-0.4, -0.2) is 49.1 Å². The summed E-state index contributed by atoms with van der Waals surface area (Å²) in [6.07, 6.45) is -0.0881. The number of amides is 1. The molecule has 1 aliphatic heterocycles. The Hall–Kier alpha value is -0.970. The molecule has 1 fully saturated rings. The molecule has 0 aliphatic carbocycles. The highest BCUT2D eigenvalue weighted by atomic mass is 35.5. The Morgan fingerprint density at radius 1 is 1.42 bits per heavy atom. The number of rotatable bonds is 4. The SMILES string of the molecule is O=C(COc1ccc(Cl)cc1)N1CCOC(CCl)C1. The van der Waals surface area contributed by atoms with Crippen LogP contribution in [0.4, 0.5) is 0 Å². The second kappa shape index (κ2) is 6.98. The van der Waals surface area contributed by atoms with Crippen LogP contribution in [0, 0.1) is 0 Å². The van der Waals surface area contributed by atoms with E-state index >= 15 is 0 Å². The second-order valence-electron chi connectivity index (χ2n) is 4.23. The van der Waals surface area contributed by atoms with Gasteiger partial charge in [-0.3, -0.25) is 4.79 Å². The second-order valence-corrected chi connectivity index (χ2v) is 4.97. The molecule has 104 valence electrons. The zero-order chi connectivity index (χ0) is 13.7. The van der Waals surface area contributed by atoms with E-state index in [9.17, 15) is 4.79 Å². The van der Waals surface area contributed by atoms with E-state index in [-0.39, 0.29) is 18.6 Å². The molecular weight excluding hydrogens is 289 g/mol. The minimum absolute atomic E-state index is 0.0106. The van der Waals surface area contributed by atoms with E-state index in [4.69, 9.17) is 32.7 Å². The van der Waals surface area contributed by atoms with Gasteiger partial charge in [-0.2, -0.15) is 0 Å². The van der Waals surface area contributed by atoms with Crippen molar-refractivity contribution in [3.05, 3.63) is 29.3 Å². The Balaban J connectivity index is 1.82. The third-order valence-corrected chi connectivity index (χ3v) is 3.44. The van der Waals surface area contributed by atoms with Gasteiger partial charge >= 0.3 is 0 Å². The first-order valence-electron chi connectivity index (χ1n) is 6.03. The standard InChI is InChI=1S/C13H15Cl2NO3/c14-7-12-8-16(5-6-18-12)13(17)9-19-11-3-1-10(15)2-4-11/h1-4,12H,5-9H2. The first-order chi connectivity index (χ1) is 9.19. The predicted molar refractivity (Wildman–Crippen MR) is 74.0 cm³/mol. The van der Waals surface area contributed by atoms with E-state index in [2.05, 4.69) is 0 Å². The summed E-state index contributed by atoms with van der Waals surface area (Å²) in [7, 11) is 0. The number of halogens is 2. The zero-order valence-corrected chi connectivity index (χ0v) is 11.9. The normalized spacial score (nSPS) is 19.3. The Bertz CT molecular complexity index is 424. The molecule has 0 radical (unpaired) electrons. The highest BCUT2D eigenvalue weighted by Gasteiger charge is 2.23. The lowest BCUT2D eigenvalue weighted by Crippen LogP contribution is -2.47. The molecule has 1 atom stereocenters. The smallest absolute Gasteiger partial charge is 0.260 e. The van der Waals surface area contributed by atoms with Gasteiger partial charge in [0, 0.05) is 18.1 Å². The molecule has 1 heterocycles. The largest absolute Gasteiger partial charge is 0.484 e. The zero-order valence-electron chi connectivity index (χ0n) is 10.4. The minimum atomic E-state index is -0.0881. The highest BCUT2D eigenvalue weighted by Crippen LogP contribution is 2.15. The lowest BCUT2D eigenvalue weighted by Gasteiger charge is -2.31. The van der Waals surface area contributed by atoms with Crippen molar-refractivity contribution in [2.45, 2.75) is 6.10 Å². The molecule has 4 nitrogen and oxygen atoms in total. The number of hydrogen-bond acceptors (Lipinski definition) is 3. The average Bonchev–Trinajstić information content (AvgIpc) is 2.46. The molecule has 1 amide bonds. The lowest BCUT2D eigenvalue weighted by atomic mass is 10.3. The predicted octanol–water partition coefficient (Wildman–Crippen LogP) is 2.18. The molecule has 0 aromatic heterocycles. The fraction of sp³-hybridized carbons (Fsp3) is 0.462. The monoisotopic (exact) mass is 303 g/mol. The van der Waals surface area contributed by atoms with Crippen molar-refractivity contribution in [3.8, 4) is 5.75 Å². The fourth-order valence-corrected chi connectivity index (χ4v) is 2.12. The number of morpholine rings is 1. The first-order valence-corrected chi connectivity index (χ1v) is 6.94. The minimum Gasteiger partial charge on any atom is -0.484 e. The molecule has 1 aromatic rings. The molecule has 19 heavy (non-hydrogen) atoms. The van der Waals surface area contributed by atoms with Crippen LogP contribution in [0.15, 0.2) is 24.3 Å². The summed E-state index contributed by atoms with van der Waals surface area (Å²) in [5.74, 6) is 0.954. The maximum atomic E-state index is 12.0. The summed E-state index contributed by atoms with van der Waals surface area (Å²) >= 11 is 11.5. The molecule has 1 saturated heterocycles. The van der Waals surface area contributed by atoms with Crippen molar-refractivity contribution >= 4 is 29.1 Å². The molecule has 0 bridgehead atoms. The topological polar surface area (TPSA) is 38.8 Å². The van der Waals surface area contributed by atoms with Gasteiger partial charge in [0.05, 0.1) is 18.6 Å². The van der Waals surface area contributed by atoms with Crippen LogP contribution >= 0.6 is 23.2 Å². The summed E-state index contributed by atoms with van der Waals surface area (Å²) in [5, 5.41) is 0.636. The molecule has 6 heteroatoms. The van der Waals surface area contributed by atoms with Crippen molar-refractivity contribution in [2.75, 3.05) is 32.2 Å².